The van der Waals surface area contributed by atoms with Crippen molar-refractivity contribution in [3.8, 4) is 34.5 Å². The Morgan fingerprint density at radius 2 is 0.963 bits per heavy atom. The first-order valence-electron chi connectivity index (χ1n) is 17.8. The second-order valence-corrected chi connectivity index (χ2v) is 13.8. The molecule has 2 aliphatic rings. The molecule has 2 aliphatic heterocycles. The molecular weight excluding hydrogens is 755 g/mol. The summed E-state index contributed by atoms with van der Waals surface area (Å²) in [5.74, 6) is 3.72. The normalized spacial score (nSPS) is 16.7. The molecule has 0 aromatic heterocycles. The van der Waals surface area contributed by atoms with Crippen LogP contribution in [0.5, 0.6) is 34.5 Å². The molecule has 0 bridgehead atoms. The van der Waals surface area contributed by atoms with E-state index in [4.69, 9.17) is 47.3 Å². The Morgan fingerprint density at radius 3 is 1.33 bits per heavy atom. The third kappa shape index (κ3) is 14.9. The van der Waals surface area contributed by atoms with Crippen LogP contribution in [0.3, 0.4) is 0 Å². The standard InChI is InChI=1S/C21H24ClNO4.C20H22ClNO4.ClH/c1-25-21(24)3-2-13-23-14-12-20(15-23)27-19-10-8-18(9-11-19)26-17-6-4-16(22)5-7-17;21-15-3-5-16(6-4-15)25-17-7-9-18(10-8-17)26-19-11-13-22(14-19)12-1-2-20(23)24;/h4-11,20H,2-3,12-15H2,1H3;3-10,19H,1-2,11-14H2,(H,23,24);1H/t20-;19-;/m11./s1. The number of likely N-dealkylation sites (tertiary alicyclic amines) is 2. The molecule has 4 aromatic carbocycles. The average Bonchev–Trinajstić information content (AvgIpc) is 3.81. The fourth-order valence-corrected chi connectivity index (χ4v) is 6.28. The van der Waals surface area contributed by atoms with Crippen LogP contribution in [0.15, 0.2) is 97.1 Å². The number of nitrogens with zero attached hydrogens (tertiary/aromatic N) is 2. The summed E-state index contributed by atoms with van der Waals surface area (Å²) in [7, 11) is 1.42. The topological polar surface area (TPSA) is 107 Å². The van der Waals surface area contributed by atoms with Gasteiger partial charge in [-0.25, -0.2) is 0 Å². The highest BCUT2D eigenvalue weighted by Gasteiger charge is 2.25. The highest BCUT2D eigenvalue weighted by molar-refractivity contribution is 6.30. The summed E-state index contributed by atoms with van der Waals surface area (Å²) in [4.78, 5) is 26.3. The third-order valence-electron chi connectivity index (χ3n) is 8.76. The molecule has 2 saturated heterocycles. The van der Waals surface area contributed by atoms with Crippen LogP contribution in [0, 0.1) is 0 Å². The van der Waals surface area contributed by atoms with Crippen molar-refractivity contribution < 1.29 is 38.4 Å². The molecule has 0 aliphatic carbocycles. The number of rotatable bonds is 16. The van der Waals surface area contributed by atoms with Crippen molar-refractivity contribution in [2.45, 2.75) is 50.7 Å². The Hall–Kier alpha value is -4.19. The van der Waals surface area contributed by atoms with Gasteiger partial charge in [0.25, 0.3) is 0 Å². The van der Waals surface area contributed by atoms with E-state index in [9.17, 15) is 9.59 Å². The number of esters is 1. The van der Waals surface area contributed by atoms with E-state index in [0.29, 0.717) is 22.9 Å². The van der Waals surface area contributed by atoms with Gasteiger partial charge in [-0.15, -0.1) is 12.4 Å². The van der Waals surface area contributed by atoms with Crippen LogP contribution in [-0.2, 0) is 14.3 Å². The largest absolute Gasteiger partial charge is 0.489 e. The van der Waals surface area contributed by atoms with E-state index in [1.54, 1.807) is 24.3 Å². The molecule has 2 atom stereocenters. The summed E-state index contributed by atoms with van der Waals surface area (Å²) < 4.78 is 28.3. The molecule has 0 radical (unpaired) electrons. The molecule has 2 heterocycles. The number of halogens is 3. The Labute approximate surface area is 333 Å². The van der Waals surface area contributed by atoms with Gasteiger partial charge < -0.3 is 28.8 Å². The minimum absolute atomic E-state index is 0. The summed E-state index contributed by atoms with van der Waals surface area (Å²) in [5, 5.41) is 10.1. The number of benzene rings is 4. The Morgan fingerprint density at radius 1 is 0.611 bits per heavy atom. The van der Waals surface area contributed by atoms with Gasteiger partial charge in [0.2, 0.25) is 0 Å². The molecule has 13 heteroatoms. The fourth-order valence-electron chi connectivity index (χ4n) is 6.03. The molecule has 54 heavy (non-hydrogen) atoms. The number of carboxylic acids is 1. The molecule has 0 spiro atoms. The molecule has 1 N–H and O–H groups in total. The van der Waals surface area contributed by atoms with E-state index < -0.39 is 5.97 Å². The highest BCUT2D eigenvalue weighted by Crippen LogP contribution is 2.28. The average molecular weight is 802 g/mol. The second-order valence-electron chi connectivity index (χ2n) is 12.9. The van der Waals surface area contributed by atoms with Crippen LogP contribution < -0.4 is 18.9 Å². The van der Waals surface area contributed by atoms with Crippen molar-refractivity contribution in [1.29, 1.82) is 0 Å². The molecule has 0 saturated carbocycles. The predicted molar refractivity (Wildman–Crippen MR) is 212 cm³/mol. The number of carbonyl (C=O) groups excluding carboxylic acids is 1. The van der Waals surface area contributed by atoms with E-state index in [1.165, 1.54) is 7.11 Å². The molecule has 6 rings (SSSR count). The number of carboxylic acid groups (broad SMARTS) is 1. The summed E-state index contributed by atoms with van der Waals surface area (Å²) in [6.07, 6.45) is 4.44. The number of hydrogen-bond acceptors (Lipinski definition) is 9. The van der Waals surface area contributed by atoms with Gasteiger partial charge in [0.1, 0.15) is 46.7 Å². The van der Waals surface area contributed by atoms with Crippen LogP contribution in [0.1, 0.15) is 38.5 Å². The second kappa shape index (κ2) is 22.3. The molecule has 0 unspecified atom stereocenters. The first-order chi connectivity index (χ1) is 25.7. The zero-order valence-corrected chi connectivity index (χ0v) is 32.6. The summed E-state index contributed by atoms with van der Waals surface area (Å²) in [6, 6.07) is 29.7. The Bertz CT molecular complexity index is 1710. The number of carbonyl (C=O) groups is 2. The van der Waals surface area contributed by atoms with Crippen molar-refractivity contribution in [3.63, 3.8) is 0 Å². The Balaban J connectivity index is 0.000000236. The van der Waals surface area contributed by atoms with E-state index in [2.05, 4.69) is 14.5 Å². The lowest BCUT2D eigenvalue weighted by Crippen LogP contribution is -2.26. The van der Waals surface area contributed by atoms with Gasteiger partial charge in [0, 0.05) is 49.1 Å². The first-order valence-corrected chi connectivity index (χ1v) is 18.6. The van der Waals surface area contributed by atoms with Crippen LogP contribution in [0.4, 0.5) is 0 Å². The van der Waals surface area contributed by atoms with Crippen LogP contribution >= 0.6 is 35.6 Å². The number of methoxy groups -OCH3 is 1. The van der Waals surface area contributed by atoms with Crippen molar-refractivity contribution in [3.05, 3.63) is 107 Å². The van der Waals surface area contributed by atoms with E-state index in [0.717, 1.165) is 93.0 Å². The van der Waals surface area contributed by atoms with Gasteiger partial charge in [-0.3, -0.25) is 19.4 Å². The SMILES string of the molecule is COC(=O)CCCN1CC[C@@H](Oc2ccc(Oc3ccc(Cl)cc3)cc2)C1.Cl.O=C(O)CCCN1CC[C@@H](Oc2ccc(Oc3ccc(Cl)cc3)cc2)C1. The molecule has 4 aromatic rings. The monoisotopic (exact) mass is 800 g/mol. The van der Waals surface area contributed by atoms with E-state index in [1.807, 2.05) is 72.8 Å². The maximum absolute atomic E-state index is 11.2. The number of hydrogen-bond donors (Lipinski definition) is 1. The maximum Gasteiger partial charge on any atom is 0.305 e. The van der Waals surface area contributed by atoms with Crippen LogP contribution in [0.25, 0.3) is 0 Å². The van der Waals surface area contributed by atoms with Crippen molar-refractivity contribution in [2.75, 3.05) is 46.4 Å². The van der Waals surface area contributed by atoms with Gasteiger partial charge in [-0.2, -0.15) is 0 Å². The third-order valence-corrected chi connectivity index (χ3v) is 9.26. The van der Waals surface area contributed by atoms with Crippen LogP contribution in [-0.4, -0.2) is 85.4 Å². The lowest BCUT2D eigenvalue weighted by molar-refractivity contribution is -0.141. The lowest BCUT2D eigenvalue weighted by atomic mass is 10.3. The molecule has 0 amide bonds. The number of aliphatic carboxylic acids is 1. The van der Waals surface area contributed by atoms with E-state index in [-0.39, 0.29) is 37.0 Å². The van der Waals surface area contributed by atoms with Gasteiger partial charge in [-0.1, -0.05) is 23.2 Å². The van der Waals surface area contributed by atoms with Crippen molar-refractivity contribution in [2.24, 2.45) is 0 Å². The molecule has 290 valence electrons. The maximum atomic E-state index is 11.2. The summed E-state index contributed by atoms with van der Waals surface area (Å²) in [5.41, 5.74) is 0. The minimum Gasteiger partial charge on any atom is -0.489 e. The van der Waals surface area contributed by atoms with Crippen molar-refractivity contribution >= 4 is 47.5 Å². The zero-order chi connectivity index (χ0) is 37.4. The summed E-state index contributed by atoms with van der Waals surface area (Å²) in [6.45, 7) is 5.35. The van der Waals surface area contributed by atoms with Gasteiger partial charge >= 0.3 is 11.9 Å². The highest BCUT2D eigenvalue weighted by atomic mass is 35.5. The molecule has 10 nitrogen and oxygen atoms in total. The number of ether oxygens (including phenoxy) is 5. The van der Waals surface area contributed by atoms with Crippen LogP contribution in [0.2, 0.25) is 10.0 Å². The zero-order valence-electron chi connectivity index (χ0n) is 30.2. The molecular formula is C41H47Cl3N2O8. The quantitative estimate of drug-likeness (QED) is 0.110. The fraction of sp³-hybridized carbons (Fsp3) is 0.366. The molecule has 2 fully saturated rings. The smallest absolute Gasteiger partial charge is 0.305 e. The van der Waals surface area contributed by atoms with E-state index >= 15 is 0 Å². The predicted octanol–water partition coefficient (Wildman–Crippen LogP) is 9.41. The van der Waals surface area contributed by atoms with Gasteiger partial charge in [-0.05, 0) is 136 Å². The minimum atomic E-state index is -0.738. The van der Waals surface area contributed by atoms with Crippen molar-refractivity contribution in [1.82, 2.24) is 9.80 Å². The lowest BCUT2D eigenvalue weighted by Gasteiger charge is -2.17. The van der Waals surface area contributed by atoms with Gasteiger partial charge in [0.15, 0.2) is 0 Å². The first kappa shape index (κ1) is 42.6. The Kier molecular flexibility index (Phi) is 17.5. The van der Waals surface area contributed by atoms with Gasteiger partial charge in [0.05, 0.1) is 7.11 Å². The summed E-state index contributed by atoms with van der Waals surface area (Å²) >= 11 is 11.7.